The van der Waals surface area contributed by atoms with Crippen LogP contribution in [0, 0.1) is 0 Å². The molecule has 1 unspecified atom stereocenters. The monoisotopic (exact) mass is 271 g/mol. The Morgan fingerprint density at radius 3 is 2.89 bits per heavy atom. The third kappa shape index (κ3) is 3.20. The number of nitrogens with one attached hydrogen (secondary N) is 1. The van der Waals surface area contributed by atoms with Gasteiger partial charge in [0.25, 0.3) is 0 Å². The fraction of sp³-hybridized carbons (Fsp3) is 0.727. The molecule has 1 atom stereocenters. The van der Waals surface area contributed by atoms with Gasteiger partial charge in [0.1, 0.15) is 0 Å². The first-order valence-corrected chi connectivity index (χ1v) is 6.47. The molecule has 1 aliphatic heterocycles. The minimum absolute atomic E-state index is 0.162. The Hall–Kier alpha value is -1.14. The quantitative estimate of drug-likeness (QED) is 0.889. The van der Waals surface area contributed by atoms with Crippen molar-refractivity contribution in [1.82, 2.24) is 20.3 Å². The van der Waals surface area contributed by atoms with Crippen molar-refractivity contribution in [1.29, 1.82) is 0 Å². The van der Waals surface area contributed by atoms with Gasteiger partial charge in [0.15, 0.2) is 0 Å². The Morgan fingerprint density at radius 1 is 1.28 bits per heavy atom. The van der Waals surface area contributed by atoms with Gasteiger partial charge in [-0.1, -0.05) is 0 Å². The summed E-state index contributed by atoms with van der Waals surface area (Å²) >= 11 is 5.86. The molecule has 0 spiro atoms. The van der Waals surface area contributed by atoms with Crippen LogP contribution >= 0.6 is 11.6 Å². The molecular weight excluding hydrogens is 254 g/mol. The number of halogens is 1. The van der Waals surface area contributed by atoms with Crippen LogP contribution in [-0.2, 0) is 0 Å². The number of nitrogens with zero attached hydrogens (tertiary/aromatic N) is 4. The van der Waals surface area contributed by atoms with Crippen LogP contribution in [0.25, 0.3) is 0 Å². The van der Waals surface area contributed by atoms with E-state index in [0.717, 1.165) is 32.4 Å². The molecule has 1 N–H and O–H groups in total. The van der Waals surface area contributed by atoms with Crippen molar-refractivity contribution in [3.8, 4) is 6.01 Å². The second kappa shape index (κ2) is 6.15. The molecule has 1 fully saturated rings. The maximum atomic E-state index is 5.86. The van der Waals surface area contributed by atoms with E-state index >= 15 is 0 Å². The van der Waals surface area contributed by atoms with Gasteiger partial charge in [-0.3, -0.25) is 0 Å². The SMILES string of the molecule is COc1nc(Cl)nc(N(C)C2CCCNCC2)n1. The van der Waals surface area contributed by atoms with Crippen molar-refractivity contribution in [2.45, 2.75) is 25.3 Å². The summed E-state index contributed by atoms with van der Waals surface area (Å²) in [6, 6.07) is 0.673. The molecule has 1 saturated heterocycles. The third-order valence-electron chi connectivity index (χ3n) is 3.17. The predicted molar refractivity (Wildman–Crippen MR) is 70.3 cm³/mol. The molecule has 7 heteroatoms. The summed E-state index contributed by atoms with van der Waals surface area (Å²) in [4.78, 5) is 14.3. The van der Waals surface area contributed by atoms with Crippen LogP contribution in [0.15, 0.2) is 0 Å². The average Bonchev–Trinajstić information content (AvgIpc) is 2.65. The zero-order chi connectivity index (χ0) is 13.0. The number of hydrogen-bond acceptors (Lipinski definition) is 6. The molecule has 18 heavy (non-hydrogen) atoms. The van der Waals surface area contributed by atoms with E-state index in [9.17, 15) is 0 Å². The summed E-state index contributed by atoms with van der Waals surface area (Å²) in [7, 11) is 3.51. The van der Waals surface area contributed by atoms with Crippen LogP contribution in [0.3, 0.4) is 0 Å². The Morgan fingerprint density at radius 2 is 2.11 bits per heavy atom. The van der Waals surface area contributed by atoms with Gasteiger partial charge in [0.2, 0.25) is 11.2 Å². The molecule has 6 nitrogen and oxygen atoms in total. The highest BCUT2D eigenvalue weighted by Gasteiger charge is 2.20. The first-order valence-electron chi connectivity index (χ1n) is 6.10. The lowest BCUT2D eigenvalue weighted by molar-refractivity contribution is 0.377. The van der Waals surface area contributed by atoms with Gasteiger partial charge in [0, 0.05) is 13.1 Å². The number of methoxy groups -OCH3 is 1. The Kier molecular flexibility index (Phi) is 4.54. The Balaban J connectivity index is 2.15. The van der Waals surface area contributed by atoms with Gasteiger partial charge in [-0.25, -0.2) is 0 Å². The third-order valence-corrected chi connectivity index (χ3v) is 3.34. The van der Waals surface area contributed by atoms with Gasteiger partial charge in [-0.05, 0) is 44.0 Å². The van der Waals surface area contributed by atoms with E-state index in [1.54, 1.807) is 0 Å². The number of anilines is 1. The van der Waals surface area contributed by atoms with E-state index in [1.165, 1.54) is 7.11 Å². The summed E-state index contributed by atoms with van der Waals surface area (Å²) < 4.78 is 5.01. The van der Waals surface area contributed by atoms with Gasteiger partial charge < -0.3 is 15.0 Å². The Bertz CT molecular complexity index is 395. The second-order valence-electron chi connectivity index (χ2n) is 4.34. The molecule has 100 valence electrons. The van der Waals surface area contributed by atoms with Gasteiger partial charge in [0.05, 0.1) is 7.11 Å². The number of rotatable bonds is 3. The number of aromatic nitrogens is 3. The van der Waals surface area contributed by atoms with Crippen molar-refractivity contribution in [3.05, 3.63) is 5.28 Å². The normalized spacial score (nSPS) is 20.3. The zero-order valence-corrected chi connectivity index (χ0v) is 11.4. The van der Waals surface area contributed by atoms with Crippen molar-refractivity contribution in [2.24, 2.45) is 0 Å². The topological polar surface area (TPSA) is 63.2 Å². The molecular formula is C11H18ClN5O. The maximum absolute atomic E-state index is 5.86. The van der Waals surface area contributed by atoms with E-state index in [1.807, 2.05) is 7.05 Å². The van der Waals surface area contributed by atoms with Crippen molar-refractivity contribution >= 4 is 17.5 Å². The highest BCUT2D eigenvalue weighted by atomic mass is 35.5. The first kappa shape index (κ1) is 13.3. The lowest BCUT2D eigenvalue weighted by atomic mass is 10.1. The molecule has 0 aliphatic carbocycles. The van der Waals surface area contributed by atoms with Gasteiger partial charge in [-0.2, -0.15) is 15.0 Å². The zero-order valence-electron chi connectivity index (χ0n) is 10.7. The fourth-order valence-corrected chi connectivity index (χ4v) is 2.27. The molecule has 1 aromatic heterocycles. The molecule has 0 amide bonds. The van der Waals surface area contributed by atoms with Crippen LogP contribution in [0.5, 0.6) is 6.01 Å². The summed E-state index contributed by atoms with van der Waals surface area (Å²) in [5.74, 6) is 0.568. The van der Waals surface area contributed by atoms with E-state index in [-0.39, 0.29) is 11.3 Å². The molecule has 0 radical (unpaired) electrons. The Labute approximate surface area is 112 Å². The van der Waals surface area contributed by atoms with Crippen molar-refractivity contribution in [2.75, 3.05) is 32.1 Å². The van der Waals surface area contributed by atoms with E-state index in [0.29, 0.717) is 12.0 Å². The standard InChI is InChI=1S/C11H18ClN5O/c1-17(8-4-3-6-13-7-5-8)10-14-9(12)15-11(16-10)18-2/h8,13H,3-7H2,1-2H3. The van der Waals surface area contributed by atoms with E-state index in [2.05, 4.69) is 25.2 Å². The van der Waals surface area contributed by atoms with Crippen LogP contribution < -0.4 is 15.0 Å². The second-order valence-corrected chi connectivity index (χ2v) is 4.67. The predicted octanol–water partition coefficient (Wildman–Crippen LogP) is 1.11. The fourth-order valence-electron chi connectivity index (χ4n) is 2.12. The highest BCUT2D eigenvalue weighted by Crippen LogP contribution is 2.19. The summed E-state index contributed by atoms with van der Waals surface area (Å²) in [5.41, 5.74) is 0. The molecule has 2 rings (SSSR count). The molecule has 1 aromatic rings. The van der Waals surface area contributed by atoms with Crippen LogP contribution in [0.1, 0.15) is 19.3 Å². The van der Waals surface area contributed by atoms with E-state index in [4.69, 9.17) is 16.3 Å². The minimum atomic E-state index is 0.162. The molecule has 1 aliphatic rings. The summed E-state index contributed by atoms with van der Waals surface area (Å²) in [6.07, 6.45) is 3.35. The summed E-state index contributed by atoms with van der Waals surface area (Å²) in [5, 5.41) is 3.55. The first-order chi connectivity index (χ1) is 8.70. The van der Waals surface area contributed by atoms with Crippen molar-refractivity contribution < 1.29 is 4.74 Å². The lowest BCUT2D eigenvalue weighted by Crippen LogP contribution is -2.33. The average molecular weight is 272 g/mol. The maximum Gasteiger partial charge on any atom is 0.322 e. The van der Waals surface area contributed by atoms with Gasteiger partial charge in [-0.15, -0.1) is 0 Å². The van der Waals surface area contributed by atoms with E-state index < -0.39 is 0 Å². The van der Waals surface area contributed by atoms with Crippen LogP contribution in [0.4, 0.5) is 5.95 Å². The lowest BCUT2D eigenvalue weighted by Gasteiger charge is -2.26. The molecule has 2 heterocycles. The van der Waals surface area contributed by atoms with Crippen LogP contribution in [-0.4, -0.2) is 48.2 Å². The molecule has 0 saturated carbocycles. The van der Waals surface area contributed by atoms with Crippen LogP contribution in [0.2, 0.25) is 5.28 Å². The molecule has 0 aromatic carbocycles. The highest BCUT2D eigenvalue weighted by molar-refractivity contribution is 6.28. The minimum Gasteiger partial charge on any atom is -0.467 e. The smallest absolute Gasteiger partial charge is 0.322 e. The molecule has 0 bridgehead atoms. The largest absolute Gasteiger partial charge is 0.467 e. The number of hydrogen-bond donors (Lipinski definition) is 1. The van der Waals surface area contributed by atoms with Crippen molar-refractivity contribution in [3.63, 3.8) is 0 Å². The van der Waals surface area contributed by atoms with Gasteiger partial charge >= 0.3 is 6.01 Å². The summed E-state index contributed by atoms with van der Waals surface area (Å²) in [6.45, 7) is 2.09. The number of ether oxygens (including phenoxy) is 1.